The van der Waals surface area contributed by atoms with Crippen molar-refractivity contribution in [3.63, 3.8) is 0 Å². The normalized spacial score (nSPS) is 23.4. The van der Waals surface area contributed by atoms with Gasteiger partial charge in [0.2, 0.25) is 5.90 Å². The molecule has 0 bridgehead atoms. The first-order valence-corrected chi connectivity index (χ1v) is 8.24. The number of alkyl halides is 3. The number of benzene rings is 1. The summed E-state index contributed by atoms with van der Waals surface area (Å²) in [4.78, 5) is 2.85. The van der Waals surface area contributed by atoms with E-state index in [0.29, 0.717) is 13.0 Å². The number of azide groups is 1. The Hall–Kier alpha value is -1.43. The van der Waals surface area contributed by atoms with Crippen LogP contribution >= 0.6 is 34.8 Å². The lowest BCUT2D eigenvalue weighted by atomic mass is 9.96. The average Bonchev–Trinajstić information content (AvgIpc) is 2.54. The van der Waals surface area contributed by atoms with Crippen LogP contribution in [0.4, 0.5) is 0 Å². The van der Waals surface area contributed by atoms with E-state index in [2.05, 4.69) is 10.0 Å². The van der Waals surface area contributed by atoms with Gasteiger partial charge >= 0.3 is 0 Å². The zero-order valence-electron chi connectivity index (χ0n) is 12.5. The Morgan fingerprint density at radius 3 is 2.67 bits per heavy atom. The second-order valence-corrected chi connectivity index (χ2v) is 7.39. The second kappa shape index (κ2) is 8.60. The minimum Gasteiger partial charge on any atom is -0.468 e. The van der Waals surface area contributed by atoms with E-state index in [-0.39, 0.29) is 0 Å². The van der Waals surface area contributed by atoms with E-state index in [0.717, 1.165) is 5.56 Å². The first-order valence-electron chi connectivity index (χ1n) is 7.10. The number of nitrogens with zero attached hydrogens (tertiary/aromatic N) is 3. The van der Waals surface area contributed by atoms with Gasteiger partial charge in [-0.3, -0.25) is 5.41 Å². The van der Waals surface area contributed by atoms with Gasteiger partial charge < -0.3 is 9.47 Å². The molecular formula is C15H15Cl3N4O2. The Morgan fingerprint density at radius 1 is 1.33 bits per heavy atom. The van der Waals surface area contributed by atoms with Crippen molar-refractivity contribution in [3.8, 4) is 0 Å². The predicted molar refractivity (Wildman–Crippen MR) is 94.6 cm³/mol. The van der Waals surface area contributed by atoms with E-state index >= 15 is 0 Å². The molecule has 6 nitrogen and oxygen atoms in total. The van der Waals surface area contributed by atoms with Crippen LogP contribution in [0, 0.1) is 5.41 Å². The van der Waals surface area contributed by atoms with Crippen molar-refractivity contribution in [2.24, 2.45) is 5.11 Å². The number of ether oxygens (including phenoxy) is 2. The highest BCUT2D eigenvalue weighted by Crippen LogP contribution is 2.31. The van der Waals surface area contributed by atoms with Crippen LogP contribution in [0.15, 0.2) is 47.6 Å². The number of hydrogen-bond donors (Lipinski definition) is 1. The molecule has 24 heavy (non-hydrogen) atoms. The maximum atomic E-state index is 8.75. The lowest BCUT2D eigenvalue weighted by Crippen LogP contribution is -2.43. The molecule has 1 aromatic carbocycles. The monoisotopic (exact) mass is 388 g/mol. The summed E-state index contributed by atoms with van der Waals surface area (Å²) in [5.74, 6) is -0.517. The van der Waals surface area contributed by atoms with Crippen molar-refractivity contribution in [3.05, 3.63) is 58.5 Å². The highest BCUT2D eigenvalue weighted by Gasteiger charge is 2.37. The van der Waals surface area contributed by atoms with Crippen molar-refractivity contribution >= 4 is 40.7 Å². The molecule has 0 amide bonds. The number of halogens is 3. The van der Waals surface area contributed by atoms with Crippen LogP contribution in [0.1, 0.15) is 12.0 Å². The third kappa shape index (κ3) is 5.30. The van der Waals surface area contributed by atoms with E-state index in [4.69, 9.17) is 55.2 Å². The second-order valence-electron chi connectivity index (χ2n) is 5.11. The summed E-state index contributed by atoms with van der Waals surface area (Å²) in [7, 11) is 0. The van der Waals surface area contributed by atoms with Crippen molar-refractivity contribution in [2.45, 2.75) is 35.1 Å². The zero-order chi connectivity index (χ0) is 17.6. The molecule has 0 aliphatic heterocycles. The van der Waals surface area contributed by atoms with Gasteiger partial charge in [0.05, 0.1) is 12.6 Å². The van der Waals surface area contributed by atoms with Crippen LogP contribution in [0.2, 0.25) is 0 Å². The van der Waals surface area contributed by atoms with Crippen molar-refractivity contribution in [2.75, 3.05) is 0 Å². The third-order valence-electron chi connectivity index (χ3n) is 3.40. The third-order valence-corrected chi connectivity index (χ3v) is 3.92. The fourth-order valence-corrected chi connectivity index (χ4v) is 2.41. The lowest BCUT2D eigenvalue weighted by Gasteiger charge is -2.33. The molecule has 0 spiro atoms. The van der Waals surface area contributed by atoms with Crippen molar-refractivity contribution < 1.29 is 9.47 Å². The summed E-state index contributed by atoms with van der Waals surface area (Å²) >= 11 is 17.0. The van der Waals surface area contributed by atoms with E-state index in [9.17, 15) is 0 Å². The molecule has 1 aromatic rings. The molecule has 1 aliphatic rings. The maximum absolute atomic E-state index is 8.75. The van der Waals surface area contributed by atoms with Crippen LogP contribution < -0.4 is 0 Å². The molecule has 3 atom stereocenters. The average molecular weight is 390 g/mol. The Balaban J connectivity index is 2.13. The maximum Gasteiger partial charge on any atom is 0.265 e. The number of rotatable bonds is 5. The van der Waals surface area contributed by atoms with E-state index in [1.807, 2.05) is 30.3 Å². The van der Waals surface area contributed by atoms with Crippen LogP contribution in [-0.4, -0.2) is 27.9 Å². The van der Waals surface area contributed by atoms with E-state index in [1.54, 1.807) is 12.2 Å². The summed E-state index contributed by atoms with van der Waals surface area (Å²) in [6, 6.07) is 9.07. The molecule has 0 unspecified atom stereocenters. The van der Waals surface area contributed by atoms with Gasteiger partial charge in [-0.05, 0) is 23.6 Å². The molecular weight excluding hydrogens is 375 g/mol. The van der Waals surface area contributed by atoms with Gasteiger partial charge in [0.15, 0.2) is 0 Å². The molecule has 9 heteroatoms. The highest BCUT2D eigenvalue weighted by atomic mass is 35.6. The Bertz CT molecular complexity index is 642. The Kier molecular flexibility index (Phi) is 6.78. The van der Waals surface area contributed by atoms with E-state index < -0.39 is 27.9 Å². The topological polar surface area (TPSA) is 91.1 Å². The van der Waals surface area contributed by atoms with Crippen LogP contribution in [-0.2, 0) is 16.1 Å². The summed E-state index contributed by atoms with van der Waals surface area (Å²) in [5, 5.41) is 11.5. The SMILES string of the molecule is [N-]=[N+]=N[C@@H]1CC=C[C@H](OC(=N)C(Cl)(Cl)Cl)[C@H]1OCc1ccccc1. The summed E-state index contributed by atoms with van der Waals surface area (Å²) in [6.07, 6.45) is 2.71. The zero-order valence-corrected chi connectivity index (χ0v) is 14.7. The highest BCUT2D eigenvalue weighted by molar-refractivity contribution is 6.76. The van der Waals surface area contributed by atoms with Crippen molar-refractivity contribution in [1.29, 1.82) is 5.41 Å². The predicted octanol–water partition coefficient (Wildman–Crippen LogP) is 4.94. The fraction of sp³-hybridized carbons (Fsp3) is 0.400. The van der Waals surface area contributed by atoms with Crippen LogP contribution in [0.25, 0.3) is 10.4 Å². The van der Waals surface area contributed by atoms with Gasteiger partial charge in [-0.2, -0.15) is 0 Å². The quantitative estimate of drug-likeness (QED) is 0.147. The number of nitrogens with one attached hydrogen (secondary N) is 1. The lowest BCUT2D eigenvalue weighted by molar-refractivity contribution is -0.0394. The van der Waals surface area contributed by atoms with Gasteiger partial charge in [0, 0.05) is 4.91 Å². The molecule has 0 saturated heterocycles. The number of hydrogen-bond acceptors (Lipinski definition) is 4. The summed E-state index contributed by atoms with van der Waals surface area (Å²) in [6.45, 7) is 0.303. The molecule has 128 valence electrons. The Morgan fingerprint density at radius 2 is 2.04 bits per heavy atom. The smallest absolute Gasteiger partial charge is 0.265 e. The molecule has 0 aromatic heterocycles. The van der Waals surface area contributed by atoms with Crippen LogP contribution in [0.5, 0.6) is 0 Å². The van der Waals surface area contributed by atoms with E-state index in [1.165, 1.54) is 0 Å². The molecule has 2 rings (SSSR count). The molecule has 1 aliphatic carbocycles. The molecule has 1 N–H and O–H groups in total. The largest absolute Gasteiger partial charge is 0.468 e. The standard InChI is InChI=1S/C15H15Cl3N4O2/c16-15(17,18)14(19)24-12-8-4-7-11(21-22-20)13(12)23-9-10-5-2-1-3-6-10/h1-6,8,11-13,19H,7,9H2/t11-,12+,13+/m1/s1. The van der Waals surface area contributed by atoms with Gasteiger partial charge in [-0.1, -0.05) is 76.3 Å². The van der Waals surface area contributed by atoms with Gasteiger partial charge in [0.1, 0.15) is 12.2 Å². The van der Waals surface area contributed by atoms with Gasteiger partial charge in [-0.25, -0.2) is 0 Å². The van der Waals surface area contributed by atoms with Crippen molar-refractivity contribution in [1.82, 2.24) is 0 Å². The minimum atomic E-state index is -1.97. The molecule has 0 saturated carbocycles. The summed E-state index contributed by atoms with van der Waals surface area (Å²) < 4.78 is 9.35. The summed E-state index contributed by atoms with van der Waals surface area (Å²) in [5.41, 5.74) is 9.71. The molecule has 0 fully saturated rings. The first kappa shape index (κ1) is 18.9. The Labute approximate surface area is 154 Å². The molecule has 0 heterocycles. The van der Waals surface area contributed by atoms with Gasteiger partial charge in [0.25, 0.3) is 3.79 Å². The van der Waals surface area contributed by atoms with Gasteiger partial charge in [-0.15, -0.1) is 0 Å². The van der Waals surface area contributed by atoms with Crippen LogP contribution in [0.3, 0.4) is 0 Å². The minimum absolute atomic E-state index is 0.303. The first-order chi connectivity index (χ1) is 11.4. The molecule has 0 radical (unpaired) electrons. The fourth-order valence-electron chi connectivity index (χ4n) is 2.28.